The van der Waals surface area contributed by atoms with Gasteiger partial charge in [0.2, 0.25) is 15.9 Å². The van der Waals surface area contributed by atoms with Crippen LogP contribution in [0.5, 0.6) is 0 Å². The molecule has 3 heterocycles. The van der Waals surface area contributed by atoms with E-state index in [0.717, 1.165) is 12.8 Å². The first kappa shape index (κ1) is 27.6. The maximum Gasteiger partial charge on any atom is 0.245 e. The molecular weight excluding hydrogens is 492 g/mol. The molecule has 0 bridgehead atoms. The van der Waals surface area contributed by atoms with E-state index in [2.05, 4.69) is 51.1 Å². The van der Waals surface area contributed by atoms with Crippen molar-refractivity contribution in [2.24, 2.45) is 0 Å². The lowest BCUT2D eigenvalue weighted by Gasteiger charge is -2.43. The summed E-state index contributed by atoms with van der Waals surface area (Å²) in [7, 11) is -3.44. The molecule has 2 aromatic heterocycles. The van der Waals surface area contributed by atoms with Gasteiger partial charge in [0.25, 0.3) is 0 Å². The minimum atomic E-state index is -3.44. The molecule has 2 aromatic rings. The zero-order valence-corrected chi connectivity index (χ0v) is 23.7. The third-order valence-corrected chi connectivity index (χ3v) is 7.55. The standard InChI is InChI=1S/C25H40N8O3S/c1-24(2,3)23-26-13-18-20(30-23)21(28-14-27-18)29-16-10-11-33(22(16)34)19-9-8-15(31-25(4,5)6)12-17(19)32-37(7,35)36/h13-17,19,31-32H,8-12H2,1-7H3,(H,27,28,29)/t15-,16+,17-,19+/m1/s1. The smallest absolute Gasteiger partial charge is 0.245 e. The lowest BCUT2D eigenvalue weighted by Crippen LogP contribution is -2.59. The Bertz CT molecular complexity index is 1250. The number of sulfonamides is 1. The average Bonchev–Trinajstić information content (AvgIpc) is 3.11. The van der Waals surface area contributed by atoms with Crippen LogP contribution in [0.15, 0.2) is 12.5 Å². The van der Waals surface area contributed by atoms with Gasteiger partial charge in [0.05, 0.1) is 12.5 Å². The van der Waals surface area contributed by atoms with Crippen molar-refractivity contribution < 1.29 is 13.2 Å². The molecule has 37 heavy (non-hydrogen) atoms. The normalized spacial score (nSPS) is 25.6. The predicted molar refractivity (Wildman–Crippen MR) is 144 cm³/mol. The van der Waals surface area contributed by atoms with Gasteiger partial charge in [0, 0.05) is 35.6 Å². The van der Waals surface area contributed by atoms with E-state index in [1.165, 1.54) is 12.6 Å². The van der Waals surface area contributed by atoms with Crippen LogP contribution < -0.4 is 15.4 Å². The van der Waals surface area contributed by atoms with Gasteiger partial charge in [0.15, 0.2) is 5.82 Å². The summed E-state index contributed by atoms with van der Waals surface area (Å²) in [6, 6.07) is -0.862. The van der Waals surface area contributed by atoms with Crippen LogP contribution in [0.3, 0.4) is 0 Å². The fourth-order valence-corrected chi connectivity index (χ4v) is 6.13. The summed E-state index contributed by atoms with van der Waals surface area (Å²) in [5.41, 5.74) is 0.861. The van der Waals surface area contributed by atoms with Crippen molar-refractivity contribution in [3.05, 3.63) is 18.3 Å². The number of anilines is 1. The first-order valence-electron chi connectivity index (χ1n) is 12.9. The Hall–Kier alpha value is -2.44. The third-order valence-electron chi connectivity index (χ3n) is 6.82. The minimum absolute atomic E-state index is 0.0515. The number of nitrogens with one attached hydrogen (secondary N) is 3. The van der Waals surface area contributed by atoms with Crippen LogP contribution in [0.25, 0.3) is 11.0 Å². The number of hydrogen-bond acceptors (Lipinski definition) is 9. The van der Waals surface area contributed by atoms with Crippen molar-refractivity contribution in [3.63, 3.8) is 0 Å². The number of carbonyl (C=O) groups excluding carboxylic acids is 1. The van der Waals surface area contributed by atoms with Gasteiger partial charge < -0.3 is 15.5 Å². The van der Waals surface area contributed by atoms with Crippen LogP contribution in [0, 0.1) is 0 Å². The molecule has 1 aliphatic heterocycles. The van der Waals surface area contributed by atoms with E-state index in [-0.39, 0.29) is 35.0 Å². The maximum atomic E-state index is 13.6. The second kappa shape index (κ2) is 10.0. The molecule has 3 N–H and O–H groups in total. The highest BCUT2D eigenvalue weighted by molar-refractivity contribution is 7.88. The molecular formula is C25H40N8O3S. The van der Waals surface area contributed by atoms with E-state index in [1.54, 1.807) is 6.20 Å². The number of likely N-dealkylation sites (tertiary alicyclic amines) is 1. The Balaban J connectivity index is 1.53. The maximum absolute atomic E-state index is 13.6. The zero-order valence-electron chi connectivity index (χ0n) is 22.9. The second-order valence-corrected chi connectivity index (χ2v) is 14.2. The van der Waals surface area contributed by atoms with Gasteiger partial charge in [0.1, 0.15) is 29.2 Å². The fourth-order valence-electron chi connectivity index (χ4n) is 5.32. The SMILES string of the molecule is CC(C)(C)N[C@@H]1CC[C@H](N2CC[C@H](Nc3ncnc4cnc(C(C)(C)C)nc34)C2=O)[C@H](NS(C)(=O)=O)C1. The summed E-state index contributed by atoms with van der Waals surface area (Å²) < 4.78 is 27.2. The van der Waals surface area contributed by atoms with Crippen molar-refractivity contribution >= 4 is 32.8 Å². The van der Waals surface area contributed by atoms with E-state index in [0.29, 0.717) is 42.1 Å². The molecule has 2 aliphatic rings. The fraction of sp³-hybridized carbons (Fsp3) is 0.720. The number of carbonyl (C=O) groups is 1. The molecule has 12 heteroatoms. The van der Waals surface area contributed by atoms with Crippen LogP contribution in [-0.2, 0) is 20.2 Å². The summed E-state index contributed by atoms with van der Waals surface area (Å²) >= 11 is 0. The molecule has 4 rings (SSSR count). The molecule has 2 fully saturated rings. The number of amides is 1. The van der Waals surface area contributed by atoms with Crippen molar-refractivity contribution in [1.29, 1.82) is 0 Å². The van der Waals surface area contributed by atoms with E-state index >= 15 is 0 Å². The van der Waals surface area contributed by atoms with Crippen LogP contribution in [0.4, 0.5) is 5.82 Å². The molecule has 11 nitrogen and oxygen atoms in total. The largest absolute Gasteiger partial charge is 0.356 e. The Morgan fingerprint density at radius 2 is 1.76 bits per heavy atom. The van der Waals surface area contributed by atoms with E-state index in [9.17, 15) is 13.2 Å². The molecule has 0 radical (unpaired) electrons. The topological polar surface area (TPSA) is 142 Å². The van der Waals surface area contributed by atoms with Crippen molar-refractivity contribution in [1.82, 2.24) is 34.9 Å². The number of rotatable bonds is 6. The first-order valence-corrected chi connectivity index (χ1v) is 14.8. The van der Waals surface area contributed by atoms with Gasteiger partial charge in [-0.1, -0.05) is 20.8 Å². The van der Waals surface area contributed by atoms with E-state index in [1.807, 2.05) is 25.7 Å². The highest BCUT2D eigenvalue weighted by Crippen LogP contribution is 2.30. The van der Waals surface area contributed by atoms with Crippen molar-refractivity contribution in [2.45, 2.75) is 102 Å². The van der Waals surface area contributed by atoms with Crippen LogP contribution in [0.2, 0.25) is 0 Å². The summed E-state index contributed by atoms with van der Waals surface area (Å²) in [6.07, 6.45) is 7.11. The highest BCUT2D eigenvalue weighted by Gasteiger charge is 2.43. The molecule has 0 unspecified atom stereocenters. The van der Waals surface area contributed by atoms with Gasteiger partial charge >= 0.3 is 0 Å². The predicted octanol–water partition coefficient (Wildman–Crippen LogP) is 1.96. The quantitative estimate of drug-likeness (QED) is 0.509. The lowest BCUT2D eigenvalue weighted by atomic mass is 9.85. The van der Waals surface area contributed by atoms with Crippen LogP contribution in [0.1, 0.15) is 73.1 Å². The second-order valence-electron chi connectivity index (χ2n) is 12.4. The molecule has 0 aromatic carbocycles. The molecule has 1 saturated carbocycles. The Morgan fingerprint density at radius 1 is 1.03 bits per heavy atom. The van der Waals surface area contributed by atoms with E-state index < -0.39 is 16.1 Å². The van der Waals surface area contributed by atoms with Gasteiger partial charge in [-0.2, -0.15) is 0 Å². The van der Waals surface area contributed by atoms with Crippen molar-refractivity contribution in [3.8, 4) is 0 Å². The molecule has 1 saturated heterocycles. The average molecular weight is 533 g/mol. The van der Waals surface area contributed by atoms with Gasteiger partial charge in [-0.05, 0) is 46.5 Å². The summed E-state index contributed by atoms with van der Waals surface area (Å²) in [6.45, 7) is 13.0. The van der Waals surface area contributed by atoms with Gasteiger partial charge in [-0.25, -0.2) is 33.1 Å². The molecule has 1 amide bonds. The Labute approximate surface area is 219 Å². The number of fused-ring (bicyclic) bond motifs is 1. The van der Waals surface area contributed by atoms with Gasteiger partial charge in [-0.15, -0.1) is 0 Å². The summed E-state index contributed by atoms with van der Waals surface area (Å²) in [5, 5.41) is 6.89. The zero-order chi connectivity index (χ0) is 27.2. The molecule has 204 valence electrons. The van der Waals surface area contributed by atoms with Crippen LogP contribution >= 0.6 is 0 Å². The van der Waals surface area contributed by atoms with E-state index in [4.69, 9.17) is 4.98 Å². The summed E-state index contributed by atoms with van der Waals surface area (Å²) in [5.74, 6) is 1.12. The molecule has 4 atom stereocenters. The Morgan fingerprint density at radius 3 is 2.41 bits per heavy atom. The van der Waals surface area contributed by atoms with Crippen LogP contribution in [-0.4, -0.2) is 81.7 Å². The lowest BCUT2D eigenvalue weighted by molar-refractivity contribution is -0.131. The minimum Gasteiger partial charge on any atom is -0.356 e. The van der Waals surface area contributed by atoms with Crippen molar-refractivity contribution in [2.75, 3.05) is 18.1 Å². The third kappa shape index (κ3) is 6.71. The number of hydrogen-bond donors (Lipinski definition) is 3. The monoisotopic (exact) mass is 532 g/mol. The molecule has 1 aliphatic carbocycles. The summed E-state index contributed by atoms with van der Waals surface area (Å²) in [4.78, 5) is 33.2. The van der Waals surface area contributed by atoms with Gasteiger partial charge in [-0.3, -0.25) is 4.79 Å². The Kier molecular flexibility index (Phi) is 7.48. The number of aromatic nitrogens is 4. The number of nitrogens with zero attached hydrogens (tertiary/aromatic N) is 5. The molecule has 0 spiro atoms. The first-order chi connectivity index (χ1) is 17.1. The highest BCUT2D eigenvalue weighted by atomic mass is 32.2.